The van der Waals surface area contributed by atoms with E-state index in [9.17, 15) is 0 Å². The van der Waals surface area contributed by atoms with E-state index in [4.69, 9.17) is 4.42 Å². The third-order valence-electron chi connectivity index (χ3n) is 3.11. The Kier molecular flexibility index (Phi) is 4.36. The van der Waals surface area contributed by atoms with E-state index in [1.165, 1.54) is 35.7 Å². The molecule has 1 aromatic heterocycles. The van der Waals surface area contributed by atoms with Gasteiger partial charge in [-0.3, -0.25) is 0 Å². The summed E-state index contributed by atoms with van der Waals surface area (Å²) in [5.74, 6) is 3.59. The lowest BCUT2D eigenvalue weighted by atomic mass is 9.93. The van der Waals surface area contributed by atoms with Crippen molar-refractivity contribution in [3.8, 4) is 0 Å². The molecule has 1 aromatic rings. The predicted octanol–water partition coefficient (Wildman–Crippen LogP) is 3.39. The molecule has 0 amide bonds. The molecule has 3 heteroatoms. The van der Waals surface area contributed by atoms with Crippen molar-refractivity contribution in [1.82, 2.24) is 5.32 Å². The Bertz CT molecular complexity index is 323. The molecule has 0 radical (unpaired) electrons. The standard InChI is InChI=1S/C13H21NOS/c1-3-16-9-10(2)14-12-5-4-6-13-11(12)7-8-15-13/h7-8,10,12,14H,3-6,9H2,1-2H3. The van der Waals surface area contributed by atoms with Gasteiger partial charge in [-0.05, 0) is 31.6 Å². The molecule has 2 unspecified atom stereocenters. The average Bonchev–Trinajstić information content (AvgIpc) is 2.75. The molecule has 1 aliphatic rings. The Morgan fingerprint density at radius 1 is 1.62 bits per heavy atom. The first-order valence-corrected chi connectivity index (χ1v) is 7.36. The highest BCUT2D eigenvalue weighted by Crippen LogP contribution is 2.30. The minimum absolute atomic E-state index is 0.509. The van der Waals surface area contributed by atoms with Crippen molar-refractivity contribution in [2.75, 3.05) is 11.5 Å². The van der Waals surface area contributed by atoms with Gasteiger partial charge < -0.3 is 9.73 Å². The lowest BCUT2D eigenvalue weighted by Crippen LogP contribution is -2.33. The van der Waals surface area contributed by atoms with E-state index < -0.39 is 0 Å². The van der Waals surface area contributed by atoms with Crippen LogP contribution in [0.3, 0.4) is 0 Å². The van der Waals surface area contributed by atoms with Crippen LogP contribution < -0.4 is 5.32 Å². The van der Waals surface area contributed by atoms with Crippen LogP contribution in [-0.4, -0.2) is 17.5 Å². The van der Waals surface area contributed by atoms with Crippen molar-refractivity contribution >= 4 is 11.8 Å². The Balaban J connectivity index is 1.92. The smallest absolute Gasteiger partial charge is 0.108 e. The van der Waals surface area contributed by atoms with Crippen molar-refractivity contribution in [3.63, 3.8) is 0 Å². The fourth-order valence-corrected chi connectivity index (χ4v) is 3.03. The lowest BCUT2D eigenvalue weighted by Gasteiger charge is -2.26. The Morgan fingerprint density at radius 3 is 3.31 bits per heavy atom. The quantitative estimate of drug-likeness (QED) is 0.852. The van der Waals surface area contributed by atoms with Gasteiger partial charge in [-0.1, -0.05) is 6.92 Å². The van der Waals surface area contributed by atoms with E-state index in [-0.39, 0.29) is 0 Å². The monoisotopic (exact) mass is 239 g/mol. The summed E-state index contributed by atoms with van der Waals surface area (Å²) in [6, 6.07) is 3.22. The van der Waals surface area contributed by atoms with E-state index in [2.05, 4.69) is 25.2 Å². The van der Waals surface area contributed by atoms with Crippen LogP contribution in [0.5, 0.6) is 0 Å². The number of nitrogens with one attached hydrogen (secondary N) is 1. The van der Waals surface area contributed by atoms with Crippen LogP contribution in [0.25, 0.3) is 0 Å². The number of aryl methyl sites for hydroxylation is 1. The zero-order valence-corrected chi connectivity index (χ0v) is 11.0. The van der Waals surface area contributed by atoms with E-state index in [0.29, 0.717) is 12.1 Å². The first-order chi connectivity index (χ1) is 7.81. The molecule has 1 heterocycles. The summed E-state index contributed by atoms with van der Waals surface area (Å²) < 4.78 is 5.50. The summed E-state index contributed by atoms with van der Waals surface area (Å²) in [5.41, 5.74) is 1.39. The zero-order chi connectivity index (χ0) is 11.4. The van der Waals surface area contributed by atoms with E-state index in [0.717, 1.165) is 6.42 Å². The van der Waals surface area contributed by atoms with E-state index >= 15 is 0 Å². The summed E-state index contributed by atoms with van der Waals surface area (Å²) >= 11 is 2.00. The van der Waals surface area contributed by atoms with Crippen LogP contribution in [0.4, 0.5) is 0 Å². The van der Waals surface area contributed by atoms with Gasteiger partial charge in [-0.25, -0.2) is 0 Å². The molecule has 1 aliphatic carbocycles. The number of rotatable bonds is 5. The van der Waals surface area contributed by atoms with Gasteiger partial charge in [-0.15, -0.1) is 0 Å². The number of hydrogen-bond acceptors (Lipinski definition) is 3. The normalized spacial score (nSPS) is 21.8. The van der Waals surface area contributed by atoms with E-state index in [1.807, 2.05) is 18.0 Å². The molecule has 0 aliphatic heterocycles. The van der Waals surface area contributed by atoms with Gasteiger partial charge in [0.2, 0.25) is 0 Å². The van der Waals surface area contributed by atoms with Gasteiger partial charge in [-0.2, -0.15) is 11.8 Å². The highest BCUT2D eigenvalue weighted by molar-refractivity contribution is 7.99. The zero-order valence-electron chi connectivity index (χ0n) is 10.2. The van der Waals surface area contributed by atoms with Gasteiger partial charge in [0.25, 0.3) is 0 Å². The van der Waals surface area contributed by atoms with Crippen molar-refractivity contribution in [2.45, 2.75) is 45.2 Å². The molecule has 0 aromatic carbocycles. The topological polar surface area (TPSA) is 25.2 Å². The molecule has 0 saturated heterocycles. The molecule has 2 rings (SSSR count). The van der Waals surface area contributed by atoms with Gasteiger partial charge in [0.1, 0.15) is 5.76 Å². The lowest BCUT2D eigenvalue weighted by molar-refractivity contribution is 0.392. The second-order valence-electron chi connectivity index (χ2n) is 4.47. The Morgan fingerprint density at radius 2 is 2.50 bits per heavy atom. The van der Waals surface area contributed by atoms with E-state index in [1.54, 1.807) is 0 Å². The maximum absolute atomic E-state index is 5.50. The fourth-order valence-electron chi connectivity index (χ4n) is 2.35. The number of thioether (sulfide) groups is 1. The summed E-state index contributed by atoms with van der Waals surface area (Å²) in [5, 5.41) is 3.72. The third kappa shape index (κ3) is 2.83. The van der Waals surface area contributed by atoms with Crippen molar-refractivity contribution in [2.24, 2.45) is 0 Å². The molecular weight excluding hydrogens is 218 g/mol. The van der Waals surface area contributed by atoms with Gasteiger partial charge in [0, 0.05) is 29.8 Å². The molecule has 1 N–H and O–H groups in total. The summed E-state index contributed by atoms with van der Waals surface area (Å²) in [6.07, 6.45) is 5.42. The van der Waals surface area contributed by atoms with Crippen molar-refractivity contribution in [1.29, 1.82) is 0 Å². The molecule has 2 nitrogen and oxygen atoms in total. The number of fused-ring (bicyclic) bond motifs is 1. The summed E-state index contributed by atoms with van der Waals surface area (Å²) in [6.45, 7) is 4.49. The molecule has 0 saturated carbocycles. The van der Waals surface area contributed by atoms with Gasteiger partial charge in [0.15, 0.2) is 0 Å². The largest absolute Gasteiger partial charge is 0.469 e. The summed E-state index contributed by atoms with van der Waals surface area (Å²) in [4.78, 5) is 0. The minimum atomic E-state index is 0.509. The van der Waals surface area contributed by atoms with Crippen molar-refractivity contribution in [3.05, 3.63) is 23.7 Å². The number of hydrogen-bond donors (Lipinski definition) is 1. The second kappa shape index (κ2) is 5.78. The highest BCUT2D eigenvalue weighted by atomic mass is 32.2. The maximum atomic E-state index is 5.50. The third-order valence-corrected chi connectivity index (χ3v) is 4.25. The molecule has 16 heavy (non-hydrogen) atoms. The first-order valence-electron chi connectivity index (χ1n) is 6.21. The van der Waals surface area contributed by atoms with Crippen molar-refractivity contribution < 1.29 is 4.42 Å². The molecule has 0 bridgehead atoms. The van der Waals surface area contributed by atoms with Crippen LogP contribution in [0.1, 0.15) is 44.1 Å². The Hall–Kier alpha value is -0.410. The molecule has 0 spiro atoms. The fraction of sp³-hybridized carbons (Fsp3) is 0.692. The average molecular weight is 239 g/mol. The first kappa shape index (κ1) is 12.1. The van der Waals surface area contributed by atoms with Gasteiger partial charge >= 0.3 is 0 Å². The highest BCUT2D eigenvalue weighted by Gasteiger charge is 2.23. The van der Waals surface area contributed by atoms with Crippen LogP contribution in [-0.2, 0) is 6.42 Å². The molecule has 2 atom stereocenters. The molecule has 90 valence electrons. The van der Waals surface area contributed by atoms with Gasteiger partial charge in [0.05, 0.1) is 6.26 Å². The van der Waals surface area contributed by atoms with Crippen LogP contribution in [0.15, 0.2) is 16.7 Å². The maximum Gasteiger partial charge on any atom is 0.108 e. The minimum Gasteiger partial charge on any atom is -0.469 e. The predicted molar refractivity (Wildman–Crippen MR) is 70.0 cm³/mol. The number of furan rings is 1. The van der Waals surface area contributed by atoms with Crippen LogP contribution in [0.2, 0.25) is 0 Å². The van der Waals surface area contributed by atoms with Crippen LogP contribution in [0, 0.1) is 0 Å². The molecule has 0 fully saturated rings. The Labute approximate surface area is 102 Å². The SMILES string of the molecule is CCSCC(C)NC1CCCc2occc21. The van der Waals surface area contributed by atoms with Crippen LogP contribution >= 0.6 is 11.8 Å². The summed E-state index contributed by atoms with van der Waals surface area (Å²) in [7, 11) is 0. The second-order valence-corrected chi connectivity index (χ2v) is 5.79. The molecular formula is C13H21NOS.